The van der Waals surface area contributed by atoms with Crippen LogP contribution in [0.5, 0.6) is 0 Å². The molecule has 0 aliphatic rings. The summed E-state index contributed by atoms with van der Waals surface area (Å²) in [5.74, 6) is 1.21. The van der Waals surface area contributed by atoms with Gasteiger partial charge in [-0.2, -0.15) is 0 Å². The van der Waals surface area contributed by atoms with Gasteiger partial charge >= 0.3 is 0 Å². The predicted molar refractivity (Wildman–Crippen MR) is 67.4 cm³/mol. The average Bonchev–Trinajstić information content (AvgIpc) is 2.25. The number of rotatable bonds is 6. The highest BCUT2D eigenvalue weighted by Crippen LogP contribution is 2.12. The summed E-state index contributed by atoms with van der Waals surface area (Å²) in [6.07, 6.45) is 3.04. The quantitative estimate of drug-likeness (QED) is 0.682. The second kappa shape index (κ2) is 6.64. The molecule has 2 nitrogen and oxygen atoms in total. The molecule has 0 aromatic carbocycles. The summed E-state index contributed by atoms with van der Waals surface area (Å²) in [7, 11) is 0. The Labute approximate surface area is 99.0 Å². The Kier molecular flexibility index (Phi) is 5.47. The molecular formula is C14H23NO. The molecule has 0 radical (unpaired) electrons. The summed E-state index contributed by atoms with van der Waals surface area (Å²) in [5, 5.41) is 0. The maximum Gasteiger partial charge on any atom is 0.0731 e. The third-order valence-electron chi connectivity index (χ3n) is 2.55. The highest BCUT2D eigenvalue weighted by molar-refractivity contribution is 5.15. The van der Waals surface area contributed by atoms with Gasteiger partial charge in [0.05, 0.1) is 6.61 Å². The number of hydrogen-bond acceptors (Lipinski definition) is 2. The standard InChI is InChI=1S/C14H23NO/c1-11(2)7-8-16-10-13-5-6-14(12(3)4)15-9-13/h5-6,9,11-12H,7-8,10H2,1-4H3. The molecule has 0 N–H and O–H groups in total. The van der Waals surface area contributed by atoms with E-state index in [1.807, 2.05) is 6.20 Å². The summed E-state index contributed by atoms with van der Waals surface area (Å²) >= 11 is 0. The molecule has 0 unspecified atom stereocenters. The molecule has 0 saturated carbocycles. The van der Waals surface area contributed by atoms with Gasteiger partial charge in [0, 0.05) is 18.5 Å². The molecule has 1 aromatic rings. The maximum atomic E-state index is 5.59. The third kappa shape index (κ3) is 4.75. The monoisotopic (exact) mass is 221 g/mol. The first kappa shape index (κ1) is 13.2. The lowest BCUT2D eigenvalue weighted by molar-refractivity contribution is 0.110. The first-order chi connectivity index (χ1) is 7.59. The number of ether oxygens (including phenoxy) is 1. The van der Waals surface area contributed by atoms with Gasteiger partial charge in [-0.15, -0.1) is 0 Å². The van der Waals surface area contributed by atoms with Crippen molar-refractivity contribution in [3.05, 3.63) is 29.6 Å². The second-order valence-electron chi connectivity index (χ2n) is 4.98. The molecule has 90 valence electrons. The smallest absolute Gasteiger partial charge is 0.0731 e. The van der Waals surface area contributed by atoms with Crippen LogP contribution in [0.15, 0.2) is 18.3 Å². The lowest BCUT2D eigenvalue weighted by Gasteiger charge is -2.08. The lowest BCUT2D eigenvalue weighted by Crippen LogP contribution is -2.00. The zero-order chi connectivity index (χ0) is 12.0. The summed E-state index contributed by atoms with van der Waals surface area (Å²) in [4.78, 5) is 4.41. The lowest BCUT2D eigenvalue weighted by atomic mass is 10.1. The molecule has 0 atom stereocenters. The van der Waals surface area contributed by atoms with Gasteiger partial charge in [-0.1, -0.05) is 33.8 Å². The molecular weight excluding hydrogens is 198 g/mol. The van der Waals surface area contributed by atoms with E-state index in [4.69, 9.17) is 4.74 Å². The fourth-order valence-electron chi connectivity index (χ4n) is 1.37. The van der Waals surface area contributed by atoms with E-state index in [9.17, 15) is 0 Å². The predicted octanol–water partition coefficient (Wildman–Crippen LogP) is 3.77. The normalized spacial score (nSPS) is 11.4. The van der Waals surface area contributed by atoms with Crippen LogP contribution in [0.25, 0.3) is 0 Å². The zero-order valence-corrected chi connectivity index (χ0v) is 10.9. The van der Waals surface area contributed by atoms with Crippen molar-refractivity contribution in [2.24, 2.45) is 5.92 Å². The van der Waals surface area contributed by atoms with Crippen LogP contribution in [0.3, 0.4) is 0 Å². The van der Waals surface area contributed by atoms with Gasteiger partial charge in [-0.25, -0.2) is 0 Å². The molecule has 0 aliphatic heterocycles. The Balaban J connectivity index is 2.32. The SMILES string of the molecule is CC(C)CCOCc1ccc(C(C)C)nc1. The minimum Gasteiger partial charge on any atom is -0.377 e. The topological polar surface area (TPSA) is 22.1 Å². The highest BCUT2D eigenvalue weighted by atomic mass is 16.5. The molecule has 1 rings (SSSR count). The molecule has 1 aromatic heterocycles. The van der Waals surface area contributed by atoms with Crippen LogP contribution in [0, 0.1) is 5.92 Å². The Bertz CT molecular complexity index is 290. The molecule has 0 aliphatic carbocycles. The molecule has 2 heteroatoms. The third-order valence-corrected chi connectivity index (χ3v) is 2.55. The molecule has 16 heavy (non-hydrogen) atoms. The van der Waals surface area contributed by atoms with Crippen LogP contribution in [0.4, 0.5) is 0 Å². The summed E-state index contributed by atoms with van der Waals surface area (Å²) in [6.45, 7) is 10.2. The van der Waals surface area contributed by atoms with E-state index in [-0.39, 0.29) is 0 Å². The second-order valence-corrected chi connectivity index (χ2v) is 4.98. The van der Waals surface area contributed by atoms with Gasteiger partial charge in [-0.05, 0) is 29.9 Å². The molecule has 0 saturated heterocycles. The molecule has 0 spiro atoms. The van der Waals surface area contributed by atoms with Gasteiger partial charge in [0.2, 0.25) is 0 Å². The van der Waals surface area contributed by atoms with Crippen molar-refractivity contribution in [2.75, 3.05) is 6.61 Å². The van der Waals surface area contributed by atoms with Crippen molar-refractivity contribution < 1.29 is 4.74 Å². The number of aromatic nitrogens is 1. The van der Waals surface area contributed by atoms with Crippen LogP contribution in [0.1, 0.15) is 51.3 Å². The van der Waals surface area contributed by atoms with Crippen LogP contribution in [0.2, 0.25) is 0 Å². The van der Waals surface area contributed by atoms with E-state index < -0.39 is 0 Å². The summed E-state index contributed by atoms with van der Waals surface area (Å²) in [6, 6.07) is 4.20. The molecule has 0 fully saturated rings. The first-order valence-electron chi connectivity index (χ1n) is 6.12. The minimum absolute atomic E-state index is 0.496. The van der Waals surface area contributed by atoms with Crippen molar-refractivity contribution in [1.82, 2.24) is 4.98 Å². The zero-order valence-electron chi connectivity index (χ0n) is 10.9. The van der Waals surface area contributed by atoms with Crippen molar-refractivity contribution in [3.63, 3.8) is 0 Å². The molecule has 0 amide bonds. The average molecular weight is 221 g/mol. The van der Waals surface area contributed by atoms with Crippen LogP contribution in [-0.4, -0.2) is 11.6 Å². The van der Waals surface area contributed by atoms with E-state index in [0.29, 0.717) is 18.4 Å². The van der Waals surface area contributed by atoms with Crippen molar-refractivity contribution in [3.8, 4) is 0 Å². The van der Waals surface area contributed by atoms with Crippen molar-refractivity contribution in [2.45, 2.75) is 46.6 Å². The largest absolute Gasteiger partial charge is 0.377 e. The van der Waals surface area contributed by atoms with Crippen molar-refractivity contribution >= 4 is 0 Å². The first-order valence-corrected chi connectivity index (χ1v) is 6.12. The highest BCUT2D eigenvalue weighted by Gasteiger charge is 2.01. The maximum absolute atomic E-state index is 5.59. The number of nitrogens with zero attached hydrogens (tertiary/aromatic N) is 1. The van der Waals surface area contributed by atoms with Crippen molar-refractivity contribution in [1.29, 1.82) is 0 Å². The Hall–Kier alpha value is -0.890. The fraction of sp³-hybridized carbons (Fsp3) is 0.643. The Morgan fingerprint density at radius 3 is 2.44 bits per heavy atom. The van der Waals surface area contributed by atoms with E-state index in [0.717, 1.165) is 24.3 Å². The van der Waals surface area contributed by atoms with Gasteiger partial charge in [0.1, 0.15) is 0 Å². The number of pyridine rings is 1. The van der Waals surface area contributed by atoms with Gasteiger partial charge < -0.3 is 4.74 Å². The summed E-state index contributed by atoms with van der Waals surface area (Å²) < 4.78 is 5.59. The van der Waals surface area contributed by atoms with E-state index in [1.54, 1.807) is 0 Å². The van der Waals surface area contributed by atoms with E-state index >= 15 is 0 Å². The summed E-state index contributed by atoms with van der Waals surface area (Å²) in [5.41, 5.74) is 2.30. The van der Waals surface area contributed by atoms with Gasteiger partial charge in [0.15, 0.2) is 0 Å². The van der Waals surface area contributed by atoms with E-state index in [2.05, 4.69) is 44.8 Å². The molecule has 0 bridgehead atoms. The van der Waals surface area contributed by atoms with Crippen LogP contribution >= 0.6 is 0 Å². The van der Waals surface area contributed by atoms with Gasteiger partial charge in [-0.3, -0.25) is 4.98 Å². The Morgan fingerprint density at radius 2 is 1.94 bits per heavy atom. The Morgan fingerprint density at radius 1 is 1.19 bits per heavy atom. The number of hydrogen-bond donors (Lipinski definition) is 0. The molecule has 1 heterocycles. The van der Waals surface area contributed by atoms with Gasteiger partial charge in [0.25, 0.3) is 0 Å². The van der Waals surface area contributed by atoms with E-state index in [1.165, 1.54) is 0 Å². The fourth-order valence-corrected chi connectivity index (χ4v) is 1.37. The van der Waals surface area contributed by atoms with Crippen LogP contribution in [-0.2, 0) is 11.3 Å². The minimum atomic E-state index is 0.496. The van der Waals surface area contributed by atoms with Crippen LogP contribution < -0.4 is 0 Å².